The Morgan fingerprint density at radius 2 is 1.52 bits per heavy atom. The molecule has 2 N–H and O–H groups in total. The third kappa shape index (κ3) is 5.76. The van der Waals surface area contributed by atoms with Crippen LogP contribution in [0, 0.1) is 19.8 Å². The average molecular weight is 470 g/mol. The fraction of sp³-hybridized carbons (Fsp3) is 0.500. The van der Waals surface area contributed by atoms with Crippen LogP contribution in [0.1, 0.15) is 56.1 Å². The highest BCUT2D eigenvalue weighted by Crippen LogP contribution is 2.27. The number of nitrogens with zero attached hydrogens (tertiary/aromatic N) is 1. The molecule has 7 heteroatoms. The van der Waals surface area contributed by atoms with Gasteiger partial charge in [0.15, 0.2) is 0 Å². The molecule has 1 amide bonds. The standard InChI is InChI=1S/C26H35N3O3S/c1-19-8-13-25(20(2)18-19)33(31,32)29-16-14-21(15-17-29)26(30)28-24-11-9-23(10-12-24)27-22-6-4-3-5-7-22/h8-13,18,21-22,27H,3-7,14-17H2,1-2H3,(H,28,30). The SMILES string of the molecule is Cc1ccc(S(=O)(=O)N2CCC(C(=O)Nc3ccc(NC4CCCCC4)cc3)CC2)c(C)c1. The molecule has 1 heterocycles. The minimum Gasteiger partial charge on any atom is -0.382 e. The summed E-state index contributed by atoms with van der Waals surface area (Å²) in [5, 5.41) is 6.60. The second-order valence-electron chi connectivity index (χ2n) is 9.49. The van der Waals surface area contributed by atoms with Gasteiger partial charge >= 0.3 is 0 Å². The number of aryl methyl sites for hydroxylation is 2. The van der Waals surface area contributed by atoms with Crippen LogP contribution < -0.4 is 10.6 Å². The predicted octanol–water partition coefficient (Wildman–Crippen LogP) is 5.09. The molecule has 1 aliphatic heterocycles. The van der Waals surface area contributed by atoms with Gasteiger partial charge in [0.25, 0.3) is 0 Å². The first-order valence-corrected chi connectivity index (χ1v) is 13.5. The maximum atomic E-state index is 13.1. The summed E-state index contributed by atoms with van der Waals surface area (Å²) in [7, 11) is -3.54. The summed E-state index contributed by atoms with van der Waals surface area (Å²) >= 11 is 0. The van der Waals surface area contributed by atoms with Gasteiger partial charge in [0.1, 0.15) is 0 Å². The van der Waals surface area contributed by atoms with Crippen molar-refractivity contribution in [3.63, 3.8) is 0 Å². The highest BCUT2D eigenvalue weighted by atomic mass is 32.2. The molecule has 1 saturated carbocycles. The number of piperidine rings is 1. The van der Waals surface area contributed by atoms with Crippen molar-refractivity contribution in [2.75, 3.05) is 23.7 Å². The highest BCUT2D eigenvalue weighted by Gasteiger charge is 2.32. The molecule has 0 aromatic heterocycles. The average Bonchev–Trinajstić information content (AvgIpc) is 2.81. The van der Waals surface area contributed by atoms with Crippen molar-refractivity contribution < 1.29 is 13.2 Å². The molecule has 2 aromatic carbocycles. The fourth-order valence-corrected chi connectivity index (χ4v) is 6.64. The number of carbonyl (C=O) groups is 1. The van der Waals surface area contributed by atoms with E-state index < -0.39 is 10.0 Å². The zero-order valence-corrected chi connectivity index (χ0v) is 20.5. The summed E-state index contributed by atoms with van der Waals surface area (Å²) < 4.78 is 27.7. The maximum Gasteiger partial charge on any atom is 0.243 e. The Morgan fingerprint density at radius 1 is 0.879 bits per heavy atom. The number of amides is 1. The monoisotopic (exact) mass is 469 g/mol. The molecule has 0 radical (unpaired) electrons. The summed E-state index contributed by atoms with van der Waals surface area (Å²) in [5.41, 5.74) is 3.67. The van der Waals surface area contributed by atoms with E-state index in [4.69, 9.17) is 0 Å². The van der Waals surface area contributed by atoms with E-state index in [0.29, 0.717) is 36.9 Å². The van der Waals surface area contributed by atoms with Crippen molar-refractivity contribution in [3.8, 4) is 0 Å². The lowest BCUT2D eigenvalue weighted by atomic mass is 9.95. The Bertz CT molecular complexity index is 1070. The third-order valence-corrected chi connectivity index (χ3v) is 8.96. The molecule has 33 heavy (non-hydrogen) atoms. The molecule has 1 saturated heterocycles. The van der Waals surface area contributed by atoms with Crippen LogP contribution in [0.5, 0.6) is 0 Å². The van der Waals surface area contributed by atoms with Gasteiger partial charge in [-0.05, 0) is 75.4 Å². The molecule has 2 fully saturated rings. The molecule has 1 aliphatic carbocycles. The molecule has 0 atom stereocenters. The van der Waals surface area contributed by atoms with Crippen LogP contribution in [-0.2, 0) is 14.8 Å². The lowest BCUT2D eigenvalue weighted by Gasteiger charge is -2.31. The van der Waals surface area contributed by atoms with Gasteiger partial charge in [-0.15, -0.1) is 0 Å². The number of nitrogens with one attached hydrogen (secondary N) is 2. The highest BCUT2D eigenvalue weighted by molar-refractivity contribution is 7.89. The molecule has 6 nitrogen and oxygen atoms in total. The first-order chi connectivity index (χ1) is 15.8. The Morgan fingerprint density at radius 3 is 2.15 bits per heavy atom. The number of sulfonamides is 1. The normalized spacial score (nSPS) is 18.7. The van der Waals surface area contributed by atoms with Gasteiger partial charge in [0.05, 0.1) is 4.90 Å². The topological polar surface area (TPSA) is 78.5 Å². The van der Waals surface area contributed by atoms with Crippen LogP contribution >= 0.6 is 0 Å². The Hall–Kier alpha value is -2.38. The molecule has 0 unspecified atom stereocenters. The Kier molecular flexibility index (Phi) is 7.39. The van der Waals surface area contributed by atoms with Gasteiger partial charge in [-0.3, -0.25) is 4.79 Å². The largest absolute Gasteiger partial charge is 0.382 e. The van der Waals surface area contributed by atoms with E-state index in [1.54, 1.807) is 6.07 Å². The predicted molar refractivity (Wildman–Crippen MR) is 133 cm³/mol. The van der Waals surface area contributed by atoms with Crippen molar-refractivity contribution in [2.45, 2.75) is 69.7 Å². The molecule has 0 spiro atoms. The smallest absolute Gasteiger partial charge is 0.243 e. The number of anilines is 2. The Balaban J connectivity index is 1.30. The van der Waals surface area contributed by atoms with Crippen LogP contribution in [0.3, 0.4) is 0 Å². The zero-order valence-electron chi connectivity index (χ0n) is 19.6. The number of hydrogen-bond donors (Lipinski definition) is 2. The summed E-state index contributed by atoms with van der Waals surface area (Å²) in [5.74, 6) is -0.220. The van der Waals surface area contributed by atoms with Gasteiger partial charge < -0.3 is 10.6 Å². The minimum absolute atomic E-state index is 0.0356. The summed E-state index contributed by atoms with van der Waals surface area (Å²) in [6.07, 6.45) is 7.40. The molecule has 178 valence electrons. The minimum atomic E-state index is -3.54. The fourth-order valence-electron chi connectivity index (χ4n) is 4.96. The second kappa shape index (κ2) is 10.3. The van der Waals surface area contributed by atoms with Crippen LogP contribution in [0.2, 0.25) is 0 Å². The van der Waals surface area contributed by atoms with Gasteiger partial charge in [-0.2, -0.15) is 4.31 Å². The summed E-state index contributed by atoms with van der Waals surface area (Å²) in [4.78, 5) is 13.2. The van der Waals surface area contributed by atoms with E-state index in [1.165, 1.54) is 36.4 Å². The second-order valence-corrected chi connectivity index (χ2v) is 11.4. The van der Waals surface area contributed by atoms with E-state index in [-0.39, 0.29) is 11.8 Å². The van der Waals surface area contributed by atoms with Gasteiger partial charge in [-0.25, -0.2) is 8.42 Å². The van der Waals surface area contributed by atoms with Crippen molar-refractivity contribution in [1.82, 2.24) is 4.31 Å². The molecular weight excluding hydrogens is 434 g/mol. The number of carbonyl (C=O) groups excluding carboxylic acids is 1. The number of rotatable bonds is 6. The van der Waals surface area contributed by atoms with Crippen molar-refractivity contribution in [2.24, 2.45) is 5.92 Å². The molecular formula is C26H35N3O3S. The molecule has 2 aliphatic rings. The maximum absolute atomic E-state index is 13.1. The summed E-state index contributed by atoms with van der Waals surface area (Å²) in [6, 6.07) is 13.9. The third-order valence-electron chi connectivity index (χ3n) is 6.90. The molecule has 0 bridgehead atoms. The quantitative estimate of drug-likeness (QED) is 0.618. The lowest BCUT2D eigenvalue weighted by Crippen LogP contribution is -2.41. The first kappa shape index (κ1) is 23.8. The number of hydrogen-bond acceptors (Lipinski definition) is 4. The molecule has 4 rings (SSSR count). The first-order valence-electron chi connectivity index (χ1n) is 12.1. The lowest BCUT2D eigenvalue weighted by molar-refractivity contribution is -0.120. The van der Waals surface area contributed by atoms with Crippen LogP contribution in [0.15, 0.2) is 47.4 Å². The zero-order chi connectivity index (χ0) is 23.4. The summed E-state index contributed by atoms with van der Waals surface area (Å²) in [6.45, 7) is 4.50. The van der Waals surface area contributed by atoms with Gasteiger partial charge in [-0.1, -0.05) is 37.0 Å². The van der Waals surface area contributed by atoms with E-state index in [1.807, 2.05) is 50.2 Å². The Labute approximate surface area is 197 Å². The van der Waals surface area contributed by atoms with Crippen LogP contribution in [0.4, 0.5) is 11.4 Å². The van der Waals surface area contributed by atoms with Crippen molar-refractivity contribution in [3.05, 3.63) is 53.6 Å². The van der Waals surface area contributed by atoms with E-state index in [9.17, 15) is 13.2 Å². The van der Waals surface area contributed by atoms with Crippen molar-refractivity contribution in [1.29, 1.82) is 0 Å². The van der Waals surface area contributed by atoms with Crippen LogP contribution in [-0.4, -0.2) is 37.8 Å². The van der Waals surface area contributed by atoms with E-state index in [0.717, 1.165) is 22.5 Å². The van der Waals surface area contributed by atoms with Crippen LogP contribution in [0.25, 0.3) is 0 Å². The van der Waals surface area contributed by atoms with Gasteiger partial charge in [0.2, 0.25) is 15.9 Å². The van der Waals surface area contributed by atoms with E-state index in [2.05, 4.69) is 10.6 Å². The number of benzene rings is 2. The van der Waals surface area contributed by atoms with Gasteiger partial charge in [0, 0.05) is 36.4 Å². The van der Waals surface area contributed by atoms with E-state index >= 15 is 0 Å². The molecule has 2 aromatic rings. The van der Waals surface area contributed by atoms with Crippen molar-refractivity contribution >= 4 is 27.3 Å².